The van der Waals surface area contributed by atoms with E-state index < -0.39 is 0 Å². The van der Waals surface area contributed by atoms with E-state index in [4.69, 9.17) is 23.8 Å². The van der Waals surface area contributed by atoms with Crippen LogP contribution in [0.1, 0.15) is 18.4 Å². The van der Waals surface area contributed by atoms with E-state index in [0.29, 0.717) is 17.5 Å². The highest BCUT2D eigenvalue weighted by atomic mass is 16.3. The fourth-order valence-corrected chi connectivity index (χ4v) is 9.41. The molecule has 8 aromatic carbocycles. The van der Waals surface area contributed by atoms with Crippen LogP contribution in [0.15, 0.2) is 191 Å². The standard InChI is InChI=1S/C55H34N4O2/c1-2-13-33(14-3-1)34-25-27-35(28-26-34)53-56-54(58-55(57-53)42-20-12-24-50-51(42)41-19-8-11-23-49(41)60-50)38-30-44-40-18-7-10-22-48(40)61-52(44)47(32-38)59-45-21-9-6-17-39(45)43-29-36-15-4-5-16-37(36)31-46(43)59/h1-2,4-13,15-32H,3,14H2. The lowest BCUT2D eigenvalue weighted by molar-refractivity contribution is 0.666. The first kappa shape index (κ1) is 33.8. The van der Waals surface area contributed by atoms with Crippen LogP contribution in [0.5, 0.6) is 0 Å². The Morgan fingerprint density at radius 3 is 1.95 bits per heavy atom. The second kappa shape index (κ2) is 13.2. The Balaban J connectivity index is 1.10. The number of rotatable bonds is 5. The molecule has 1 aliphatic rings. The predicted molar refractivity (Wildman–Crippen MR) is 249 cm³/mol. The van der Waals surface area contributed by atoms with Crippen molar-refractivity contribution in [3.05, 3.63) is 188 Å². The van der Waals surface area contributed by atoms with E-state index in [0.717, 1.165) is 90.1 Å². The predicted octanol–water partition coefficient (Wildman–Crippen LogP) is 14.7. The van der Waals surface area contributed by atoms with E-state index in [-0.39, 0.29) is 0 Å². The normalized spacial score (nSPS) is 13.1. The summed E-state index contributed by atoms with van der Waals surface area (Å²) >= 11 is 0. The number of fused-ring (bicyclic) bond motifs is 10. The number of aromatic nitrogens is 4. The summed E-state index contributed by atoms with van der Waals surface area (Å²) in [4.78, 5) is 15.9. The van der Waals surface area contributed by atoms with Gasteiger partial charge in [-0.2, -0.15) is 0 Å². The highest BCUT2D eigenvalue weighted by Gasteiger charge is 2.23. The molecular formula is C55H34N4O2. The van der Waals surface area contributed by atoms with Crippen molar-refractivity contribution in [2.45, 2.75) is 12.8 Å². The molecule has 6 heteroatoms. The first-order valence-electron chi connectivity index (χ1n) is 20.7. The summed E-state index contributed by atoms with van der Waals surface area (Å²) in [6.07, 6.45) is 8.64. The molecule has 0 radical (unpaired) electrons. The molecule has 0 unspecified atom stereocenters. The van der Waals surface area contributed by atoms with Crippen LogP contribution in [-0.4, -0.2) is 19.5 Å². The Labute approximate surface area is 349 Å². The minimum Gasteiger partial charge on any atom is -0.456 e. The average molecular weight is 783 g/mol. The van der Waals surface area contributed by atoms with Crippen LogP contribution in [0.3, 0.4) is 0 Å². The zero-order chi connectivity index (χ0) is 40.0. The van der Waals surface area contributed by atoms with Gasteiger partial charge in [0, 0.05) is 49.0 Å². The smallest absolute Gasteiger partial charge is 0.164 e. The molecule has 0 amide bonds. The molecule has 0 bridgehead atoms. The number of benzene rings is 8. The van der Waals surface area contributed by atoms with Crippen molar-refractivity contribution in [1.82, 2.24) is 19.5 Å². The summed E-state index contributed by atoms with van der Waals surface area (Å²) in [6, 6.07) is 57.3. The minimum atomic E-state index is 0.564. The van der Waals surface area contributed by atoms with Gasteiger partial charge in [0.15, 0.2) is 23.1 Å². The third kappa shape index (κ3) is 5.32. The van der Waals surface area contributed by atoms with E-state index in [9.17, 15) is 0 Å². The van der Waals surface area contributed by atoms with E-state index in [1.807, 2.05) is 42.5 Å². The molecule has 0 fully saturated rings. The van der Waals surface area contributed by atoms with Gasteiger partial charge in [0.25, 0.3) is 0 Å². The maximum atomic E-state index is 6.82. The van der Waals surface area contributed by atoms with Crippen LogP contribution >= 0.6 is 0 Å². The number of furan rings is 2. The average Bonchev–Trinajstić information content (AvgIpc) is 4.00. The molecule has 0 saturated carbocycles. The number of hydrogen-bond donors (Lipinski definition) is 0. The van der Waals surface area contributed by atoms with Crippen LogP contribution in [-0.2, 0) is 0 Å². The largest absolute Gasteiger partial charge is 0.456 e. The molecule has 0 N–H and O–H groups in total. The van der Waals surface area contributed by atoms with Gasteiger partial charge < -0.3 is 13.4 Å². The van der Waals surface area contributed by atoms with Crippen LogP contribution in [0.2, 0.25) is 0 Å². The third-order valence-corrected chi connectivity index (χ3v) is 12.3. The third-order valence-electron chi connectivity index (χ3n) is 12.3. The number of hydrogen-bond acceptors (Lipinski definition) is 5. The van der Waals surface area contributed by atoms with Gasteiger partial charge in [-0.3, -0.25) is 0 Å². The SMILES string of the molecule is C1=CCCC(c2ccc(-c3nc(-c4cc(-n5c6ccccc6c6cc7ccccc7cc65)c5oc6ccccc6c5c4)nc(-c4cccc5oc6ccccc6c45)n3)cc2)=C1. The van der Waals surface area contributed by atoms with Crippen molar-refractivity contribution in [3.8, 4) is 39.9 Å². The Kier molecular flexibility index (Phi) is 7.33. The van der Waals surface area contributed by atoms with Crippen molar-refractivity contribution in [2.75, 3.05) is 0 Å². The van der Waals surface area contributed by atoms with Gasteiger partial charge >= 0.3 is 0 Å². The Morgan fingerprint density at radius 2 is 1.13 bits per heavy atom. The van der Waals surface area contributed by atoms with Crippen molar-refractivity contribution < 1.29 is 8.83 Å². The molecule has 0 aliphatic heterocycles. The van der Waals surface area contributed by atoms with Crippen molar-refractivity contribution in [3.63, 3.8) is 0 Å². The first-order chi connectivity index (χ1) is 30.2. The molecule has 1 aliphatic carbocycles. The molecular weight excluding hydrogens is 749 g/mol. The molecule has 13 rings (SSSR count). The number of allylic oxidation sites excluding steroid dienone is 4. The summed E-state index contributed by atoms with van der Waals surface area (Å²) in [5.74, 6) is 1.73. The summed E-state index contributed by atoms with van der Waals surface area (Å²) in [6.45, 7) is 0. The molecule has 0 atom stereocenters. The lowest BCUT2D eigenvalue weighted by Gasteiger charge is -2.13. The van der Waals surface area contributed by atoms with Gasteiger partial charge in [0.05, 0.1) is 16.7 Å². The van der Waals surface area contributed by atoms with Crippen LogP contribution in [0.4, 0.5) is 0 Å². The monoisotopic (exact) mass is 782 g/mol. The highest BCUT2D eigenvalue weighted by Crippen LogP contribution is 2.42. The fourth-order valence-electron chi connectivity index (χ4n) is 9.41. The molecule has 4 aromatic heterocycles. The molecule has 0 spiro atoms. The maximum Gasteiger partial charge on any atom is 0.164 e. The Bertz CT molecular complexity index is 3830. The lowest BCUT2D eigenvalue weighted by atomic mass is 9.96. The van der Waals surface area contributed by atoms with Gasteiger partial charge in [0.1, 0.15) is 16.7 Å². The van der Waals surface area contributed by atoms with Crippen LogP contribution in [0, 0.1) is 0 Å². The summed E-state index contributed by atoms with van der Waals surface area (Å²) in [5, 5.41) is 8.73. The zero-order valence-corrected chi connectivity index (χ0v) is 32.8. The Hall–Kier alpha value is -8.09. The Morgan fingerprint density at radius 1 is 0.459 bits per heavy atom. The van der Waals surface area contributed by atoms with Gasteiger partial charge in [0.2, 0.25) is 0 Å². The number of para-hydroxylation sites is 3. The van der Waals surface area contributed by atoms with Crippen LogP contribution < -0.4 is 0 Å². The van der Waals surface area contributed by atoms with E-state index in [2.05, 4.69) is 144 Å². The highest BCUT2D eigenvalue weighted by molar-refractivity contribution is 6.16. The van der Waals surface area contributed by atoms with Crippen molar-refractivity contribution in [1.29, 1.82) is 0 Å². The lowest BCUT2D eigenvalue weighted by Crippen LogP contribution is -2.02. The first-order valence-corrected chi connectivity index (χ1v) is 20.7. The van der Waals surface area contributed by atoms with Gasteiger partial charge in [-0.15, -0.1) is 0 Å². The summed E-state index contributed by atoms with van der Waals surface area (Å²) in [5.41, 5.74) is 11.5. The quantitative estimate of drug-likeness (QED) is 0.174. The second-order valence-corrected chi connectivity index (χ2v) is 15.9. The second-order valence-electron chi connectivity index (χ2n) is 15.9. The van der Waals surface area contributed by atoms with Crippen LogP contribution in [0.25, 0.3) is 122 Å². The molecule has 12 aromatic rings. The van der Waals surface area contributed by atoms with Gasteiger partial charge in [-0.05, 0) is 83.3 Å². The zero-order valence-electron chi connectivity index (χ0n) is 32.8. The molecule has 0 saturated heterocycles. The maximum absolute atomic E-state index is 6.82. The van der Waals surface area contributed by atoms with Gasteiger partial charge in [-0.1, -0.05) is 133 Å². The molecule has 61 heavy (non-hydrogen) atoms. The van der Waals surface area contributed by atoms with Crippen molar-refractivity contribution in [2.24, 2.45) is 0 Å². The topological polar surface area (TPSA) is 69.9 Å². The summed E-state index contributed by atoms with van der Waals surface area (Å²) < 4.78 is 15.5. The van der Waals surface area contributed by atoms with Gasteiger partial charge in [-0.25, -0.2) is 15.0 Å². The molecule has 4 heterocycles. The number of nitrogens with zero attached hydrogens (tertiary/aromatic N) is 4. The molecule has 6 nitrogen and oxygen atoms in total. The fraction of sp³-hybridized carbons (Fsp3) is 0.0364. The minimum absolute atomic E-state index is 0.564. The van der Waals surface area contributed by atoms with Crippen molar-refractivity contribution >= 4 is 82.0 Å². The molecule has 286 valence electrons. The summed E-state index contributed by atoms with van der Waals surface area (Å²) in [7, 11) is 0. The van der Waals surface area contributed by atoms with E-state index in [1.165, 1.54) is 32.7 Å². The van der Waals surface area contributed by atoms with E-state index >= 15 is 0 Å². The van der Waals surface area contributed by atoms with E-state index in [1.54, 1.807) is 0 Å².